The molecule has 0 bridgehead atoms. The van der Waals surface area contributed by atoms with E-state index in [-0.39, 0.29) is 5.91 Å². The fourth-order valence-electron chi connectivity index (χ4n) is 2.87. The number of rotatable bonds is 3. The number of hydrogen-bond acceptors (Lipinski definition) is 3. The van der Waals surface area contributed by atoms with E-state index in [1.54, 1.807) is 0 Å². The van der Waals surface area contributed by atoms with Crippen LogP contribution in [0.15, 0.2) is 54.2 Å². The van der Waals surface area contributed by atoms with Crippen molar-refractivity contribution in [3.05, 3.63) is 75.7 Å². The molecule has 5 heteroatoms. The maximum Gasteiger partial charge on any atom is 0.265 e. The number of amides is 1. The summed E-state index contributed by atoms with van der Waals surface area (Å²) in [7, 11) is 0. The van der Waals surface area contributed by atoms with Gasteiger partial charge in [-0.1, -0.05) is 12.1 Å². The SMILES string of the molecule is Cc1csc(C(=O)Nc2cc(-c3cn4ccc(C)cc4n3)ccc2C)c1. The van der Waals surface area contributed by atoms with Crippen molar-refractivity contribution in [3.63, 3.8) is 0 Å². The van der Waals surface area contributed by atoms with Crippen LogP contribution in [-0.2, 0) is 0 Å². The molecular weight excluding hydrogens is 342 g/mol. The van der Waals surface area contributed by atoms with E-state index in [9.17, 15) is 4.79 Å². The number of benzene rings is 1. The van der Waals surface area contributed by atoms with Gasteiger partial charge < -0.3 is 9.72 Å². The number of pyridine rings is 1. The van der Waals surface area contributed by atoms with Crippen molar-refractivity contribution >= 4 is 28.6 Å². The molecule has 26 heavy (non-hydrogen) atoms. The zero-order chi connectivity index (χ0) is 18.3. The van der Waals surface area contributed by atoms with Crippen LogP contribution in [0.3, 0.4) is 0 Å². The smallest absolute Gasteiger partial charge is 0.265 e. The van der Waals surface area contributed by atoms with Crippen LogP contribution in [0.1, 0.15) is 26.4 Å². The molecule has 4 aromatic rings. The van der Waals surface area contributed by atoms with Crippen molar-refractivity contribution in [1.29, 1.82) is 0 Å². The van der Waals surface area contributed by atoms with Gasteiger partial charge >= 0.3 is 0 Å². The Bertz CT molecular complexity index is 1120. The average molecular weight is 361 g/mol. The first-order valence-corrected chi connectivity index (χ1v) is 9.30. The van der Waals surface area contributed by atoms with Gasteiger partial charge in [0.25, 0.3) is 5.91 Å². The number of carbonyl (C=O) groups is 1. The molecule has 130 valence electrons. The number of thiophene rings is 1. The Morgan fingerprint density at radius 3 is 2.69 bits per heavy atom. The molecule has 0 saturated carbocycles. The molecule has 0 unspecified atom stereocenters. The van der Waals surface area contributed by atoms with Crippen LogP contribution in [0, 0.1) is 20.8 Å². The lowest BCUT2D eigenvalue weighted by Crippen LogP contribution is -2.11. The van der Waals surface area contributed by atoms with Gasteiger partial charge in [-0.05, 0) is 67.1 Å². The zero-order valence-electron chi connectivity index (χ0n) is 14.9. The Kier molecular flexibility index (Phi) is 4.09. The Labute approximate surface area is 156 Å². The predicted molar refractivity (Wildman–Crippen MR) is 107 cm³/mol. The summed E-state index contributed by atoms with van der Waals surface area (Å²) in [6.45, 7) is 6.04. The number of carbonyl (C=O) groups excluding carboxylic acids is 1. The Balaban J connectivity index is 1.67. The van der Waals surface area contributed by atoms with Gasteiger partial charge in [-0.25, -0.2) is 4.98 Å². The van der Waals surface area contributed by atoms with Crippen LogP contribution < -0.4 is 5.32 Å². The van der Waals surface area contributed by atoms with Crippen LogP contribution in [0.5, 0.6) is 0 Å². The van der Waals surface area contributed by atoms with E-state index < -0.39 is 0 Å². The number of nitrogens with zero attached hydrogens (tertiary/aromatic N) is 2. The summed E-state index contributed by atoms with van der Waals surface area (Å²) in [6, 6.07) is 12.1. The van der Waals surface area contributed by atoms with Gasteiger partial charge in [0.05, 0.1) is 10.6 Å². The maximum atomic E-state index is 12.5. The van der Waals surface area contributed by atoms with Crippen LogP contribution in [-0.4, -0.2) is 15.3 Å². The summed E-state index contributed by atoms with van der Waals surface area (Å²) in [5, 5.41) is 5.01. The molecule has 4 nitrogen and oxygen atoms in total. The fourth-order valence-corrected chi connectivity index (χ4v) is 3.67. The van der Waals surface area contributed by atoms with Crippen molar-refractivity contribution in [2.45, 2.75) is 20.8 Å². The molecule has 4 rings (SSSR count). The standard InChI is InChI=1S/C21H19N3OS/c1-13-6-7-24-11-18(22-20(24)9-13)16-5-4-15(3)17(10-16)23-21(25)19-8-14(2)12-26-19/h4-12H,1-3H3,(H,23,25). The number of nitrogens with one attached hydrogen (secondary N) is 1. The Morgan fingerprint density at radius 1 is 1.08 bits per heavy atom. The van der Waals surface area contributed by atoms with Crippen molar-refractivity contribution in [1.82, 2.24) is 9.38 Å². The van der Waals surface area contributed by atoms with Gasteiger partial charge in [0.15, 0.2) is 0 Å². The molecular formula is C21H19N3OS. The van der Waals surface area contributed by atoms with E-state index in [1.807, 2.05) is 60.3 Å². The third-order valence-corrected chi connectivity index (χ3v) is 5.40. The second-order valence-electron chi connectivity index (χ2n) is 6.57. The highest BCUT2D eigenvalue weighted by atomic mass is 32.1. The Morgan fingerprint density at radius 2 is 1.92 bits per heavy atom. The van der Waals surface area contributed by atoms with Gasteiger partial charge in [0.1, 0.15) is 5.65 Å². The predicted octanol–water partition coefficient (Wildman–Crippen LogP) is 5.24. The molecule has 1 aromatic carbocycles. The van der Waals surface area contributed by atoms with Crippen molar-refractivity contribution in [2.75, 3.05) is 5.32 Å². The first kappa shape index (κ1) is 16.5. The highest BCUT2D eigenvalue weighted by Crippen LogP contribution is 2.26. The average Bonchev–Trinajstić information content (AvgIpc) is 3.22. The zero-order valence-corrected chi connectivity index (χ0v) is 15.7. The minimum atomic E-state index is -0.0750. The summed E-state index contributed by atoms with van der Waals surface area (Å²) in [6.07, 6.45) is 4.02. The normalized spacial score (nSPS) is 11.0. The molecule has 0 aliphatic heterocycles. The Hall–Kier alpha value is -2.92. The summed E-state index contributed by atoms with van der Waals surface area (Å²) in [5.41, 5.74) is 6.90. The number of aryl methyl sites for hydroxylation is 3. The number of hydrogen-bond donors (Lipinski definition) is 1. The molecule has 3 heterocycles. The lowest BCUT2D eigenvalue weighted by Gasteiger charge is -2.09. The summed E-state index contributed by atoms with van der Waals surface area (Å²) >= 11 is 1.46. The molecule has 0 aliphatic rings. The second-order valence-corrected chi connectivity index (χ2v) is 7.48. The van der Waals surface area contributed by atoms with Crippen molar-refractivity contribution in [2.24, 2.45) is 0 Å². The molecule has 1 N–H and O–H groups in total. The summed E-state index contributed by atoms with van der Waals surface area (Å²) in [4.78, 5) is 17.9. The fraction of sp³-hybridized carbons (Fsp3) is 0.143. The number of imidazole rings is 1. The molecule has 3 aromatic heterocycles. The molecule has 0 saturated heterocycles. The van der Waals surface area contributed by atoms with Gasteiger partial charge in [-0.2, -0.15) is 0 Å². The molecule has 0 spiro atoms. The van der Waals surface area contributed by atoms with E-state index in [4.69, 9.17) is 4.98 Å². The van der Waals surface area contributed by atoms with Crippen LogP contribution in [0.4, 0.5) is 5.69 Å². The first-order valence-electron chi connectivity index (χ1n) is 8.42. The van der Waals surface area contributed by atoms with Gasteiger partial charge in [-0.3, -0.25) is 4.79 Å². The number of aromatic nitrogens is 2. The largest absolute Gasteiger partial charge is 0.321 e. The quantitative estimate of drug-likeness (QED) is 0.542. The van der Waals surface area contributed by atoms with E-state index in [2.05, 4.69) is 24.4 Å². The second kappa shape index (κ2) is 6.42. The topological polar surface area (TPSA) is 46.4 Å². The maximum absolute atomic E-state index is 12.5. The molecule has 1 amide bonds. The number of anilines is 1. The number of fused-ring (bicyclic) bond motifs is 1. The van der Waals surface area contributed by atoms with Gasteiger partial charge in [0, 0.05) is 23.6 Å². The van der Waals surface area contributed by atoms with Crippen molar-refractivity contribution in [3.8, 4) is 11.3 Å². The van der Waals surface area contributed by atoms with Crippen LogP contribution >= 0.6 is 11.3 Å². The molecule has 0 radical (unpaired) electrons. The highest BCUT2D eigenvalue weighted by Gasteiger charge is 2.12. The minimum Gasteiger partial charge on any atom is -0.321 e. The van der Waals surface area contributed by atoms with Gasteiger partial charge in [-0.15, -0.1) is 11.3 Å². The molecule has 0 fully saturated rings. The third-order valence-electron chi connectivity index (χ3n) is 4.35. The highest BCUT2D eigenvalue weighted by molar-refractivity contribution is 7.12. The summed E-state index contributed by atoms with van der Waals surface area (Å²) in [5.74, 6) is -0.0750. The first-order chi connectivity index (χ1) is 12.5. The molecule has 0 atom stereocenters. The monoisotopic (exact) mass is 361 g/mol. The summed E-state index contributed by atoms with van der Waals surface area (Å²) < 4.78 is 2.01. The van der Waals surface area contributed by atoms with E-state index >= 15 is 0 Å². The lowest BCUT2D eigenvalue weighted by atomic mass is 10.1. The third kappa shape index (κ3) is 3.13. The van der Waals surface area contributed by atoms with Crippen LogP contribution in [0.2, 0.25) is 0 Å². The molecule has 0 aliphatic carbocycles. The van der Waals surface area contributed by atoms with Gasteiger partial charge in [0.2, 0.25) is 0 Å². The van der Waals surface area contributed by atoms with Crippen molar-refractivity contribution < 1.29 is 4.79 Å². The minimum absolute atomic E-state index is 0.0750. The van der Waals surface area contributed by atoms with Crippen LogP contribution in [0.25, 0.3) is 16.9 Å². The van der Waals surface area contributed by atoms with E-state index in [0.717, 1.165) is 38.6 Å². The lowest BCUT2D eigenvalue weighted by molar-refractivity contribution is 0.103. The van der Waals surface area contributed by atoms with E-state index in [1.165, 1.54) is 16.9 Å². The van der Waals surface area contributed by atoms with E-state index in [0.29, 0.717) is 0 Å².